The minimum atomic E-state index is -0.703. The van der Waals surface area contributed by atoms with E-state index in [-0.39, 0.29) is 11.9 Å². The topological polar surface area (TPSA) is 80.5 Å². The standard InChI is InChI=1S/C26H20ClFN4O3/c1-15-22(25-30-24(31-35-25)16-6-8-18(27)9-7-16)23(17-4-3-5-19(28)14-17)29-26(33)32(15)20-10-12-21(34-2)13-11-20/h3-14,23H,1-2H3,(H,29,33). The second-order valence-electron chi connectivity index (χ2n) is 7.90. The van der Waals surface area contributed by atoms with E-state index in [9.17, 15) is 9.18 Å². The van der Waals surface area contributed by atoms with Crippen LogP contribution in [0.15, 0.2) is 83.0 Å². The summed E-state index contributed by atoms with van der Waals surface area (Å²) in [4.78, 5) is 19.3. The van der Waals surface area contributed by atoms with Gasteiger partial charge in [0.2, 0.25) is 5.82 Å². The Morgan fingerprint density at radius 1 is 1.09 bits per heavy atom. The smallest absolute Gasteiger partial charge is 0.326 e. The fourth-order valence-electron chi connectivity index (χ4n) is 4.05. The van der Waals surface area contributed by atoms with Gasteiger partial charge in [-0.25, -0.2) is 9.18 Å². The van der Waals surface area contributed by atoms with Gasteiger partial charge in [-0.3, -0.25) is 4.90 Å². The number of amides is 2. The number of rotatable bonds is 5. The van der Waals surface area contributed by atoms with E-state index in [1.54, 1.807) is 74.7 Å². The third-order valence-corrected chi connectivity index (χ3v) is 6.01. The van der Waals surface area contributed by atoms with E-state index in [0.717, 1.165) is 5.56 Å². The van der Waals surface area contributed by atoms with Crippen molar-refractivity contribution in [3.05, 3.63) is 101 Å². The molecule has 1 N–H and O–H groups in total. The molecule has 0 spiro atoms. The van der Waals surface area contributed by atoms with E-state index in [4.69, 9.17) is 20.9 Å². The van der Waals surface area contributed by atoms with Gasteiger partial charge < -0.3 is 14.6 Å². The molecule has 0 fully saturated rings. The predicted octanol–water partition coefficient (Wildman–Crippen LogP) is 6.24. The highest BCUT2D eigenvalue weighted by Crippen LogP contribution is 2.39. The molecule has 0 radical (unpaired) electrons. The normalized spacial score (nSPS) is 15.8. The van der Waals surface area contributed by atoms with Crippen molar-refractivity contribution in [3.8, 4) is 17.1 Å². The second-order valence-corrected chi connectivity index (χ2v) is 8.34. The number of hydrogen-bond acceptors (Lipinski definition) is 5. The van der Waals surface area contributed by atoms with E-state index in [2.05, 4.69) is 15.5 Å². The molecule has 2 amide bonds. The number of carbonyl (C=O) groups excluding carboxylic acids is 1. The Hall–Kier alpha value is -4.17. The fourth-order valence-corrected chi connectivity index (χ4v) is 4.17. The van der Waals surface area contributed by atoms with Crippen LogP contribution in [0.2, 0.25) is 5.02 Å². The summed E-state index contributed by atoms with van der Waals surface area (Å²) in [7, 11) is 1.57. The average Bonchev–Trinajstić information content (AvgIpc) is 3.34. The van der Waals surface area contributed by atoms with Crippen LogP contribution in [0, 0.1) is 5.82 Å². The number of urea groups is 1. The first kappa shape index (κ1) is 22.6. The van der Waals surface area contributed by atoms with Crippen molar-refractivity contribution < 1.29 is 18.4 Å². The van der Waals surface area contributed by atoms with E-state index in [1.165, 1.54) is 17.0 Å². The maximum Gasteiger partial charge on any atom is 0.326 e. The number of carbonyl (C=O) groups is 1. The first-order chi connectivity index (χ1) is 16.9. The van der Waals surface area contributed by atoms with E-state index < -0.39 is 11.9 Å². The zero-order valence-corrected chi connectivity index (χ0v) is 19.6. The first-order valence-corrected chi connectivity index (χ1v) is 11.1. The lowest BCUT2D eigenvalue weighted by molar-refractivity contribution is 0.244. The summed E-state index contributed by atoms with van der Waals surface area (Å²) in [6.07, 6.45) is 0. The molecular weight excluding hydrogens is 471 g/mol. The van der Waals surface area contributed by atoms with Crippen LogP contribution in [-0.2, 0) is 0 Å². The molecule has 3 aromatic carbocycles. The molecule has 1 aliphatic heterocycles. The van der Waals surface area contributed by atoms with Crippen LogP contribution in [-0.4, -0.2) is 23.3 Å². The minimum Gasteiger partial charge on any atom is -0.497 e. The zero-order valence-electron chi connectivity index (χ0n) is 18.8. The van der Waals surface area contributed by atoms with Crippen LogP contribution < -0.4 is 15.0 Å². The van der Waals surface area contributed by atoms with Gasteiger partial charge in [-0.15, -0.1) is 0 Å². The van der Waals surface area contributed by atoms with Crippen LogP contribution >= 0.6 is 11.6 Å². The highest BCUT2D eigenvalue weighted by molar-refractivity contribution is 6.30. The summed E-state index contributed by atoms with van der Waals surface area (Å²) in [6, 6.07) is 19.1. The van der Waals surface area contributed by atoms with Gasteiger partial charge >= 0.3 is 6.03 Å². The van der Waals surface area contributed by atoms with Crippen LogP contribution in [0.25, 0.3) is 17.0 Å². The number of nitrogens with one attached hydrogen (secondary N) is 1. The van der Waals surface area contributed by atoms with Crippen molar-refractivity contribution >= 4 is 28.9 Å². The molecule has 35 heavy (non-hydrogen) atoms. The number of benzene rings is 3. The van der Waals surface area contributed by atoms with Crippen molar-refractivity contribution in [3.63, 3.8) is 0 Å². The van der Waals surface area contributed by atoms with Crippen LogP contribution in [0.3, 0.4) is 0 Å². The summed E-state index contributed by atoms with van der Waals surface area (Å²) >= 11 is 6.00. The van der Waals surface area contributed by atoms with Crippen LogP contribution in [0.4, 0.5) is 14.9 Å². The Balaban J connectivity index is 1.64. The van der Waals surface area contributed by atoms with Gasteiger partial charge in [0.1, 0.15) is 11.6 Å². The Bertz CT molecular complexity index is 1420. The molecule has 1 aromatic heterocycles. The van der Waals surface area contributed by atoms with Gasteiger partial charge in [0.15, 0.2) is 0 Å². The van der Waals surface area contributed by atoms with Crippen molar-refractivity contribution in [1.29, 1.82) is 0 Å². The van der Waals surface area contributed by atoms with Gasteiger partial charge in [0.25, 0.3) is 5.89 Å². The predicted molar refractivity (Wildman–Crippen MR) is 130 cm³/mol. The Morgan fingerprint density at radius 3 is 2.51 bits per heavy atom. The lowest BCUT2D eigenvalue weighted by Gasteiger charge is -2.35. The Kier molecular flexibility index (Phi) is 5.96. The molecule has 9 heteroatoms. The fraction of sp³-hybridized carbons (Fsp3) is 0.115. The van der Waals surface area contributed by atoms with E-state index in [0.29, 0.717) is 39.1 Å². The van der Waals surface area contributed by atoms with Crippen molar-refractivity contribution in [2.75, 3.05) is 12.0 Å². The number of aromatic nitrogens is 2. The Morgan fingerprint density at radius 2 is 1.83 bits per heavy atom. The molecule has 5 rings (SSSR count). The highest BCUT2D eigenvalue weighted by Gasteiger charge is 2.36. The van der Waals surface area contributed by atoms with Crippen LogP contribution in [0.5, 0.6) is 5.75 Å². The number of halogens is 2. The third kappa shape index (κ3) is 4.36. The maximum absolute atomic E-state index is 14.1. The van der Waals surface area contributed by atoms with Gasteiger partial charge in [-0.2, -0.15) is 4.98 Å². The van der Waals surface area contributed by atoms with Gasteiger partial charge in [-0.05, 0) is 73.2 Å². The molecule has 7 nitrogen and oxygen atoms in total. The van der Waals surface area contributed by atoms with Gasteiger partial charge in [-0.1, -0.05) is 28.9 Å². The molecule has 4 aromatic rings. The molecule has 0 bridgehead atoms. The highest BCUT2D eigenvalue weighted by atomic mass is 35.5. The third-order valence-electron chi connectivity index (χ3n) is 5.76. The monoisotopic (exact) mass is 490 g/mol. The summed E-state index contributed by atoms with van der Waals surface area (Å²) in [5.41, 5.74) is 3.01. The van der Waals surface area contributed by atoms with Crippen LogP contribution in [0.1, 0.15) is 24.4 Å². The maximum atomic E-state index is 14.1. The number of nitrogens with zero attached hydrogens (tertiary/aromatic N) is 3. The summed E-state index contributed by atoms with van der Waals surface area (Å²) in [6.45, 7) is 1.79. The summed E-state index contributed by atoms with van der Waals surface area (Å²) in [5, 5.41) is 7.67. The largest absolute Gasteiger partial charge is 0.497 e. The van der Waals surface area contributed by atoms with Crippen molar-refractivity contribution in [2.24, 2.45) is 0 Å². The second kappa shape index (κ2) is 9.23. The number of allylic oxidation sites excluding steroid dienone is 1. The van der Waals surface area contributed by atoms with Gasteiger partial charge in [0, 0.05) is 16.3 Å². The van der Waals surface area contributed by atoms with Crippen molar-refractivity contribution in [2.45, 2.75) is 13.0 Å². The molecule has 0 aliphatic carbocycles. The number of ether oxygens (including phenoxy) is 1. The summed E-state index contributed by atoms with van der Waals surface area (Å²) < 4.78 is 25.0. The first-order valence-electron chi connectivity index (χ1n) is 10.8. The Labute approximate surface area is 205 Å². The molecule has 176 valence electrons. The number of anilines is 1. The quantitative estimate of drug-likeness (QED) is 0.358. The van der Waals surface area contributed by atoms with E-state index >= 15 is 0 Å². The molecule has 1 unspecified atom stereocenters. The molecule has 2 heterocycles. The SMILES string of the molecule is COc1ccc(N2C(=O)NC(c3cccc(F)c3)C(c3nc(-c4ccc(Cl)cc4)no3)=C2C)cc1. The number of hydrogen-bond donors (Lipinski definition) is 1. The molecule has 1 atom stereocenters. The molecular formula is C26H20ClFN4O3. The van der Waals surface area contributed by atoms with Gasteiger partial charge in [0.05, 0.1) is 24.4 Å². The van der Waals surface area contributed by atoms with E-state index in [1.807, 2.05) is 0 Å². The zero-order chi connectivity index (χ0) is 24.5. The molecule has 1 aliphatic rings. The van der Waals surface area contributed by atoms with Crippen molar-refractivity contribution in [1.82, 2.24) is 15.5 Å². The lowest BCUT2D eigenvalue weighted by atomic mass is 9.94. The lowest BCUT2D eigenvalue weighted by Crippen LogP contribution is -2.46. The molecule has 0 saturated heterocycles. The number of methoxy groups -OCH3 is 1. The average molecular weight is 491 g/mol. The molecule has 0 saturated carbocycles. The minimum absolute atomic E-state index is 0.209. The summed E-state index contributed by atoms with van der Waals surface area (Å²) in [5.74, 6) is 0.817.